The zero-order valence-corrected chi connectivity index (χ0v) is 23.3. The summed E-state index contributed by atoms with van der Waals surface area (Å²) in [6.07, 6.45) is 2.65. The van der Waals surface area contributed by atoms with Gasteiger partial charge in [0.15, 0.2) is 10.8 Å². The zero-order chi connectivity index (χ0) is 27.6. The van der Waals surface area contributed by atoms with Crippen molar-refractivity contribution in [2.75, 3.05) is 28.8 Å². The largest absolute Gasteiger partial charge is 0.371 e. The van der Waals surface area contributed by atoms with Gasteiger partial charge in [-0.25, -0.2) is 0 Å². The Labute approximate surface area is 216 Å². The third-order valence-electron chi connectivity index (χ3n) is 4.91. The number of aromatic nitrogens is 3. The van der Waals surface area contributed by atoms with E-state index in [1.807, 2.05) is 47.8 Å². The average molecular weight is 523 g/mol. The van der Waals surface area contributed by atoms with E-state index >= 15 is 0 Å². The molecule has 0 amide bonds. The molecular formula is C23H38N8O4S. The highest BCUT2D eigenvalue weighted by molar-refractivity contribution is 7.98. The molecule has 13 heteroatoms. The summed E-state index contributed by atoms with van der Waals surface area (Å²) in [6, 6.07) is 3.05. The molecule has 0 saturated carbocycles. The predicted octanol–water partition coefficient (Wildman–Crippen LogP) is 5.86. The molecule has 1 heterocycles. The standard InChI is InChI=1S/C14H21N3O4.C9H17N5S/c1-6-9(2)15-13-11(16(18)19)7-10(14(3,4)5)8-12(13)17(20)21;1-5-10-7-12-8(11-6(2)3)14-9(13-7)15-4/h7-9,15H,6H2,1-5H3;6H,5H2,1-4H3,(H2,10,11,12,13,14). The summed E-state index contributed by atoms with van der Waals surface area (Å²) in [4.78, 5) is 34.2. The fourth-order valence-electron chi connectivity index (χ4n) is 2.84. The van der Waals surface area contributed by atoms with Crippen LogP contribution in [0, 0.1) is 20.2 Å². The van der Waals surface area contributed by atoms with Crippen molar-refractivity contribution < 1.29 is 9.85 Å². The topological polar surface area (TPSA) is 161 Å². The van der Waals surface area contributed by atoms with Crippen molar-refractivity contribution in [3.8, 4) is 0 Å². The number of nitro groups is 2. The van der Waals surface area contributed by atoms with Gasteiger partial charge in [-0.1, -0.05) is 39.5 Å². The Balaban J connectivity index is 0.000000381. The summed E-state index contributed by atoms with van der Waals surface area (Å²) in [6.45, 7) is 16.2. The van der Waals surface area contributed by atoms with Crippen molar-refractivity contribution >= 4 is 40.7 Å². The lowest BCUT2D eigenvalue weighted by Crippen LogP contribution is -2.18. The summed E-state index contributed by atoms with van der Waals surface area (Å²) >= 11 is 1.51. The number of anilines is 3. The molecule has 0 fully saturated rings. The molecule has 1 unspecified atom stereocenters. The molecule has 2 aromatic rings. The maximum Gasteiger partial charge on any atom is 0.299 e. The molecule has 0 radical (unpaired) electrons. The van der Waals surface area contributed by atoms with Crippen LogP contribution >= 0.6 is 11.8 Å². The van der Waals surface area contributed by atoms with Crippen molar-refractivity contribution in [3.05, 3.63) is 37.9 Å². The maximum atomic E-state index is 11.3. The molecule has 1 aromatic carbocycles. The summed E-state index contributed by atoms with van der Waals surface area (Å²) in [5.41, 5.74) is -0.378. The number of nitrogens with zero attached hydrogens (tertiary/aromatic N) is 5. The van der Waals surface area contributed by atoms with E-state index in [4.69, 9.17) is 0 Å². The number of nitro benzene ring substituents is 2. The molecule has 36 heavy (non-hydrogen) atoms. The summed E-state index contributed by atoms with van der Waals surface area (Å²) in [5.74, 6) is 1.25. The van der Waals surface area contributed by atoms with Crippen molar-refractivity contribution in [2.45, 2.75) is 84.5 Å². The highest BCUT2D eigenvalue weighted by Gasteiger charge is 2.30. The minimum atomic E-state index is -0.576. The Morgan fingerprint density at radius 2 is 1.47 bits per heavy atom. The van der Waals surface area contributed by atoms with E-state index in [0.717, 1.165) is 11.7 Å². The van der Waals surface area contributed by atoms with E-state index in [9.17, 15) is 20.2 Å². The number of hydrogen-bond donors (Lipinski definition) is 3. The highest BCUT2D eigenvalue weighted by atomic mass is 32.2. The second kappa shape index (κ2) is 13.8. The monoisotopic (exact) mass is 522 g/mol. The van der Waals surface area contributed by atoms with Gasteiger partial charge in [0.1, 0.15) is 0 Å². The van der Waals surface area contributed by atoms with Crippen LogP contribution in [0.15, 0.2) is 17.3 Å². The number of thioether (sulfide) groups is 1. The first kappa shape index (κ1) is 30.8. The summed E-state index contributed by atoms with van der Waals surface area (Å²) in [5, 5.41) is 32.4. The van der Waals surface area contributed by atoms with Crippen molar-refractivity contribution in [2.24, 2.45) is 0 Å². The predicted molar refractivity (Wildman–Crippen MR) is 146 cm³/mol. The third kappa shape index (κ3) is 9.44. The van der Waals surface area contributed by atoms with E-state index < -0.39 is 15.3 Å². The van der Waals surface area contributed by atoms with Gasteiger partial charge in [-0.05, 0) is 51.3 Å². The Kier molecular flexibility index (Phi) is 11.8. The fourth-order valence-corrected chi connectivity index (χ4v) is 3.19. The van der Waals surface area contributed by atoms with Gasteiger partial charge in [-0.2, -0.15) is 15.0 Å². The van der Waals surface area contributed by atoms with Crippen LogP contribution in [-0.4, -0.2) is 49.7 Å². The molecule has 1 aromatic heterocycles. The van der Waals surface area contributed by atoms with Crippen molar-refractivity contribution in [3.63, 3.8) is 0 Å². The van der Waals surface area contributed by atoms with Gasteiger partial charge >= 0.3 is 0 Å². The lowest BCUT2D eigenvalue weighted by molar-refractivity contribution is -0.392. The molecule has 0 bridgehead atoms. The molecule has 0 aliphatic carbocycles. The maximum absolute atomic E-state index is 11.3. The molecule has 200 valence electrons. The van der Waals surface area contributed by atoms with Gasteiger partial charge in [-0.3, -0.25) is 20.2 Å². The van der Waals surface area contributed by atoms with E-state index in [1.54, 1.807) is 0 Å². The molecule has 1 atom stereocenters. The lowest BCUT2D eigenvalue weighted by atomic mass is 9.86. The number of hydrogen-bond acceptors (Lipinski definition) is 11. The van der Waals surface area contributed by atoms with Gasteiger partial charge < -0.3 is 16.0 Å². The van der Waals surface area contributed by atoms with Crippen LogP contribution in [0.2, 0.25) is 0 Å². The molecule has 2 rings (SSSR count). The summed E-state index contributed by atoms with van der Waals surface area (Å²) < 4.78 is 0. The van der Waals surface area contributed by atoms with E-state index in [-0.39, 0.29) is 23.1 Å². The first-order valence-corrected chi connectivity index (χ1v) is 13.0. The number of benzene rings is 1. The number of rotatable bonds is 10. The van der Waals surface area contributed by atoms with E-state index in [2.05, 4.69) is 44.7 Å². The molecule has 0 aliphatic rings. The van der Waals surface area contributed by atoms with Crippen LogP contribution in [0.5, 0.6) is 0 Å². The molecule has 3 N–H and O–H groups in total. The van der Waals surface area contributed by atoms with Gasteiger partial charge in [0.25, 0.3) is 11.4 Å². The lowest BCUT2D eigenvalue weighted by Gasteiger charge is -2.20. The number of nitrogens with one attached hydrogen (secondary N) is 3. The second-order valence-corrected chi connectivity index (χ2v) is 10.2. The summed E-state index contributed by atoms with van der Waals surface area (Å²) in [7, 11) is 0. The molecule has 0 saturated heterocycles. The van der Waals surface area contributed by atoms with Crippen LogP contribution in [0.25, 0.3) is 0 Å². The minimum absolute atomic E-state index is 0.0210. The van der Waals surface area contributed by atoms with Crippen molar-refractivity contribution in [1.82, 2.24) is 15.0 Å². The van der Waals surface area contributed by atoms with Gasteiger partial charge in [0.2, 0.25) is 11.9 Å². The fraction of sp³-hybridized carbons (Fsp3) is 0.609. The molecule has 12 nitrogen and oxygen atoms in total. The molecule has 0 spiro atoms. The quantitative estimate of drug-likeness (QED) is 0.195. The minimum Gasteiger partial charge on any atom is -0.371 e. The first-order chi connectivity index (χ1) is 16.7. The Morgan fingerprint density at radius 1 is 0.944 bits per heavy atom. The Bertz CT molecular complexity index is 1010. The van der Waals surface area contributed by atoms with Gasteiger partial charge in [0.05, 0.1) is 9.85 Å². The van der Waals surface area contributed by atoms with E-state index in [0.29, 0.717) is 29.9 Å². The van der Waals surface area contributed by atoms with Gasteiger partial charge in [-0.15, -0.1) is 0 Å². The van der Waals surface area contributed by atoms with Crippen LogP contribution < -0.4 is 16.0 Å². The van der Waals surface area contributed by atoms with Crippen LogP contribution in [0.1, 0.15) is 67.4 Å². The third-order valence-corrected chi connectivity index (χ3v) is 5.46. The SMILES string of the molecule is CCC(C)Nc1c([N+](=O)[O-])cc(C(C)(C)C)cc1[N+](=O)[O-].CCNc1nc(NC(C)C)nc(SC)n1. The Morgan fingerprint density at radius 3 is 1.86 bits per heavy atom. The molecular weight excluding hydrogens is 484 g/mol. The van der Waals surface area contributed by atoms with Gasteiger partial charge in [0, 0.05) is 30.8 Å². The van der Waals surface area contributed by atoms with Crippen molar-refractivity contribution in [1.29, 1.82) is 0 Å². The van der Waals surface area contributed by atoms with Crippen LogP contribution in [0.3, 0.4) is 0 Å². The Hall–Kier alpha value is -3.22. The highest BCUT2D eigenvalue weighted by Crippen LogP contribution is 2.39. The first-order valence-electron chi connectivity index (χ1n) is 11.8. The normalized spacial score (nSPS) is 11.8. The second-order valence-electron chi connectivity index (χ2n) is 9.41. The van der Waals surface area contributed by atoms with Crippen LogP contribution in [-0.2, 0) is 5.41 Å². The van der Waals surface area contributed by atoms with E-state index in [1.165, 1.54) is 23.9 Å². The smallest absolute Gasteiger partial charge is 0.299 e. The van der Waals surface area contributed by atoms with Crippen LogP contribution in [0.4, 0.5) is 29.0 Å². The zero-order valence-electron chi connectivity index (χ0n) is 22.5. The average Bonchev–Trinajstić information content (AvgIpc) is 2.77. The molecule has 0 aliphatic heterocycles.